The van der Waals surface area contributed by atoms with Crippen molar-refractivity contribution in [3.05, 3.63) is 28.7 Å². The van der Waals surface area contributed by atoms with E-state index in [2.05, 4.69) is 15.9 Å². The van der Waals surface area contributed by atoms with Gasteiger partial charge < -0.3 is 14.7 Å². The Morgan fingerprint density at radius 1 is 1.50 bits per heavy atom. The second kappa shape index (κ2) is 6.74. The summed E-state index contributed by atoms with van der Waals surface area (Å²) in [5.41, 5.74) is 0. The van der Waals surface area contributed by atoms with Crippen LogP contribution in [0, 0.1) is 5.92 Å². The number of carbonyl (C=O) groups excluding carboxylic acids is 1. The Bertz CT molecular complexity index is 506. The van der Waals surface area contributed by atoms with Gasteiger partial charge in [0.1, 0.15) is 12.4 Å². The Kier molecular flexibility index (Phi) is 5.00. The topological polar surface area (TPSA) is 66.8 Å². The summed E-state index contributed by atoms with van der Waals surface area (Å²) in [6.07, 6.45) is 0.727. The first-order valence-corrected chi connectivity index (χ1v) is 7.24. The van der Waals surface area contributed by atoms with E-state index in [0.29, 0.717) is 26.0 Å². The van der Waals surface area contributed by atoms with E-state index in [4.69, 9.17) is 9.84 Å². The highest BCUT2D eigenvalue weighted by Crippen LogP contribution is 2.19. The fraction of sp³-hybridized carbons (Fsp3) is 0.429. The van der Waals surface area contributed by atoms with Gasteiger partial charge in [-0.1, -0.05) is 22.0 Å². The summed E-state index contributed by atoms with van der Waals surface area (Å²) in [4.78, 5) is 24.3. The van der Waals surface area contributed by atoms with Gasteiger partial charge in [-0.15, -0.1) is 0 Å². The van der Waals surface area contributed by atoms with Crippen LogP contribution in [-0.2, 0) is 9.59 Å². The minimum Gasteiger partial charge on any atom is -0.492 e. The maximum Gasteiger partial charge on any atom is 0.308 e. The highest BCUT2D eigenvalue weighted by molar-refractivity contribution is 9.10. The van der Waals surface area contributed by atoms with Crippen molar-refractivity contribution in [3.63, 3.8) is 0 Å². The number of likely N-dealkylation sites (tertiary alicyclic amines) is 1. The second-order valence-corrected chi connectivity index (χ2v) is 5.64. The summed E-state index contributed by atoms with van der Waals surface area (Å²) < 4.78 is 6.49. The number of nitrogens with zero attached hydrogens (tertiary/aromatic N) is 1. The molecule has 1 aromatic carbocycles. The lowest BCUT2D eigenvalue weighted by molar-refractivity contribution is -0.147. The predicted octanol–water partition coefficient (Wildman–Crippen LogP) is 2.15. The van der Waals surface area contributed by atoms with Gasteiger partial charge in [-0.25, -0.2) is 0 Å². The molecular formula is C14H16BrNO4. The van der Waals surface area contributed by atoms with Crippen LogP contribution in [0.15, 0.2) is 28.7 Å². The lowest BCUT2D eigenvalue weighted by atomic mass is 9.98. The summed E-state index contributed by atoms with van der Waals surface area (Å²) in [5, 5.41) is 9.00. The third kappa shape index (κ3) is 3.96. The molecule has 2 rings (SSSR count). The molecule has 0 aliphatic carbocycles. The number of carbonyl (C=O) groups is 2. The second-order valence-electron chi connectivity index (χ2n) is 4.72. The van der Waals surface area contributed by atoms with Crippen molar-refractivity contribution in [1.82, 2.24) is 4.90 Å². The molecule has 1 saturated heterocycles. The van der Waals surface area contributed by atoms with Gasteiger partial charge >= 0.3 is 5.97 Å². The minimum absolute atomic E-state index is 0.000317. The SMILES string of the molecule is O=C(O)C1CCC(=O)N(CCOc2cccc(Br)c2)C1. The first-order chi connectivity index (χ1) is 9.56. The van der Waals surface area contributed by atoms with E-state index in [0.717, 1.165) is 10.2 Å². The summed E-state index contributed by atoms with van der Waals surface area (Å²) in [5.74, 6) is -0.576. The van der Waals surface area contributed by atoms with Crippen LogP contribution in [0.4, 0.5) is 0 Å². The predicted molar refractivity (Wildman–Crippen MR) is 76.6 cm³/mol. The summed E-state index contributed by atoms with van der Waals surface area (Å²) >= 11 is 3.35. The Labute approximate surface area is 125 Å². The molecule has 1 aliphatic heterocycles. The van der Waals surface area contributed by atoms with E-state index in [9.17, 15) is 9.59 Å². The number of halogens is 1. The van der Waals surface area contributed by atoms with Crippen LogP contribution in [0.2, 0.25) is 0 Å². The van der Waals surface area contributed by atoms with Crippen molar-refractivity contribution in [2.24, 2.45) is 5.92 Å². The maximum atomic E-state index is 11.7. The molecule has 108 valence electrons. The number of hydrogen-bond acceptors (Lipinski definition) is 3. The Morgan fingerprint density at radius 3 is 3.00 bits per heavy atom. The monoisotopic (exact) mass is 341 g/mol. The third-order valence-electron chi connectivity index (χ3n) is 3.28. The molecule has 0 spiro atoms. The van der Waals surface area contributed by atoms with Crippen LogP contribution < -0.4 is 4.74 Å². The van der Waals surface area contributed by atoms with Gasteiger partial charge in [0.05, 0.1) is 12.5 Å². The van der Waals surface area contributed by atoms with Crippen molar-refractivity contribution in [2.75, 3.05) is 19.7 Å². The number of piperidine rings is 1. The van der Waals surface area contributed by atoms with Crippen LogP contribution in [0.5, 0.6) is 5.75 Å². The molecule has 20 heavy (non-hydrogen) atoms. The van der Waals surface area contributed by atoms with Crippen molar-refractivity contribution < 1.29 is 19.4 Å². The normalized spacial score (nSPS) is 18.9. The van der Waals surface area contributed by atoms with Crippen molar-refractivity contribution in [2.45, 2.75) is 12.8 Å². The highest BCUT2D eigenvalue weighted by Gasteiger charge is 2.29. The molecule has 0 aromatic heterocycles. The molecule has 1 amide bonds. The standard InChI is InChI=1S/C14H16BrNO4/c15-11-2-1-3-12(8-11)20-7-6-16-9-10(14(18)19)4-5-13(16)17/h1-3,8,10H,4-7,9H2,(H,18,19). The Hall–Kier alpha value is -1.56. The van der Waals surface area contributed by atoms with E-state index >= 15 is 0 Å². The molecule has 5 nitrogen and oxygen atoms in total. The number of rotatable bonds is 5. The molecule has 1 heterocycles. The number of ether oxygens (including phenoxy) is 1. The van der Waals surface area contributed by atoms with Gasteiger partial charge in [0, 0.05) is 17.4 Å². The van der Waals surface area contributed by atoms with Gasteiger partial charge in [-0.05, 0) is 24.6 Å². The average Bonchev–Trinajstić information content (AvgIpc) is 2.40. The zero-order chi connectivity index (χ0) is 14.5. The largest absolute Gasteiger partial charge is 0.492 e. The summed E-state index contributed by atoms with van der Waals surface area (Å²) in [6, 6.07) is 7.45. The quantitative estimate of drug-likeness (QED) is 0.890. The smallest absolute Gasteiger partial charge is 0.308 e. The molecule has 0 saturated carbocycles. The summed E-state index contributed by atoms with van der Waals surface area (Å²) in [7, 11) is 0. The summed E-state index contributed by atoms with van der Waals surface area (Å²) in [6.45, 7) is 1.04. The maximum absolute atomic E-state index is 11.7. The van der Waals surface area contributed by atoms with Crippen LogP contribution in [-0.4, -0.2) is 41.6 Å². The molecule has 6 heteroatoms. The molecule has 1 aliphatic rings. The zero-order valence-corrected chi connectivity index (χ0v) is 12.5. The molecule has 0 radical (unpaired) electrons. The van der Waals surface area contributed by atoms with Crippen LogP contribution in [0.3, 0.4) is 0 Å². The van der Waals surface area contributed by atoms with Gasteiger partial charge in [0.2, 0.25) is 5.91 Å². The number of hydrogen-bond donors (Lipinski definition) is 1. The zero-order valence-electron chi connectivity index (χ0n) is 10.9. The number of benzene rings is 1. The van der Waals surface area contributed by atoms with E-state index in [1.165, 1.54) is 0 Å². The minimum atomic E-state index is -0.838. The Balaban J connectivity index is 1.83. The lowest BCUT2D eigenvalue weighted by Gasteiger charge is -2.30. The van der Waals surface area contributed by atoms with E-state index in [1.807, 2.05) is 24.3 Å². The van der Waals surface area contributed by atoms with Crippen LogP contribution >= 0.6 is 15.9 Å². The van der Waals surface area contributed by atoms with Crippen LogP contribution in [0.1, 0.15) is 12.8 Å². The van der Waals surface area contributed by atoms with E-state index in [-0.39, 0.29) is 12.5 Å². The third-order valence-corrected chi connectivity index (χ3v) is 3.77. The van der Waals surface area contributed by atoms with Gasteiger partial charge in [-0.3, -0.25) is 9.59 Å². The molecule has 0 bridgehead atoms. The van der Waals surface area contributed by atoms with E-state index < -0.39 is 11.9 Å². The van der Waals surface area contributed by atoms with Crippen molar-refractivity contribution in [1.29, 1.82) is 0 Å². The first-order valence-electron chi connectivity index (χ1n) is 6.45. The molecule has 1 fully saturated rings. The van der Waals surface area contributed by atoms with Gasteiger partial charge in [0.25, 0.3) is 0 Å². The van der Waals surface area contributed by atoms with E-state index in [1.54, 1.807) is 4.90 Å². The lowest BCUT2D eigenvalue weighted by Crippen LogP contribution is -2.44. The molecular weight excluding hydrogens is 326 g/mol. The Morgan fingerprint density at radius 2 is 2.30 bits per heavy atom. The number of aliphatic carboxylic acids is 1. The van der Waals surface area contributed by atoms with Crippen LogP contribution in [0.25, 0.3) is 0 Å². The number of carboxylic acids is 1. The van der Waals surface area contributed by atoms with Crippen molar-refractivity contribution in [3.8, 4) is 5.75 Å². The van der Waals surface area contributed by atoms with Gasteiger partial charge in [-0.2, -0.15) is 0 Å². The fourth-order valence-electron chi connectivity index (χ4n) is 2.16. The fourth-order valence-corrected chi connectivity index (χ4v) is 2.54. The molecule has 1 aromatic rings. The molecule has 1 unspecified atom stereocenters. The molecule has 1 N–H and O–H groups in total. The molecule has 1 atom stereocenters. The number of amides is 1. The highest BCUT2D eigenvalue weighted by atomic mass is 79.9. The van der Waals surface area contributed by atoms with Gasteiger partial charge in [0.15, 0.2) is 0 Å². The van der Waals surface area contributed by atoms with Crippen molar-refractivity contribution >= 4 is 27.8 Å². The number of carboxylic acid groups (broad SMARTS) is 1. The average molecular weight is 342 g/mol. The first kappa shape index (κ1) is 14.8.